The van der Waals surface area contributed by atoms with Gasteiger partial charge in [-0.25, -0.2) is 0 Å². The van der Waals surface area contributed by atoms with Crippen LogP contribution in [0.25, 0.3) is 0 Å². The molecule has 0 unspecified atom stereocenters. The van der Waals surface area contributed by atoms with Crippen LogP contribution in [0.4, 0.5) is 0 Å². The van der Waals surface area contributed by atoms with Crippen LogP contribution >= 0.6 is 0 Å². The van der Waals surface area contributed by atoms with Crippen molar-refractivity contribution in [1.82, 2.24) is 0 Å². The van der Waals surface area contributed by atoms with Gasteiger partial charge in [-0.05, 0) is 0 Å². The molecule has 0 aromatic rings. The van der Waals surface area contributed by atoms with E-state index in [1.165, 1.54) is 6.42 Å². The van der Waals surface area contributed by atoms with Crippen molar-refractivity contribution in [3.05, 3.63) is 0 Å². The molecule has 76 valence electrons. The van der Waals surface area contributed by atoms with E-state index in [0.29, 0.717) is 0 Å². The molecule has 8 heteroatoms. The maximum Gasteiger partial charge on any atom is 0.281 e. The lowest BCUT2D eigenvalue weighted by molar-refractivity contribution is 0.471. The Balaban J connectivity index is 0. The van der Waals surface area contributed by atoms with Crippen LogP contribution in [0.15, 0.2) is 0 Å². The van der Waals surface area contributed by atoms with Crippen LogP contribution in [0.5, 0.6) is 0 Å². The van der Waals surface area contributed by atoms with Gasteiger partial charge in [-0.1, -0.05) is 20.3 Å². The van der Waals surface area contributed by atoms with Gasteiger partial charge in [0.25, 0.3) is 20.2 Å². The zero-order valence-electron chi connectivity index (χ0n) is 6.76. The lowest BCUT2D eigenvalue weighted by Gasteiger charge is -1.89. The predicted molar refractivity (Wildman–Crippen MR) is 43.9 cm³/mol. The van der Waals surface area contributed by atoms with E-state index < -0.39 is 25.3 Å². The highest BCUT2D eigenvalue weighted by atomic mass is 32.3. The molecule has 0 amide bonds. The summed E-state index contributed by atoms with van der Waals surface area (Å²) in [5.74, 6) is 0. The van der Waals surface area contributed by atoms with Crippen molar-refractivity contribution in [1.29, 1.82) is 0 Å². The monoisotopic (exact) mass is 220 g/mol. The molecule has 0 rings (SSSR count). The van der Waals surface area contributed by atoms with Gasteiger partial charge in [0.2, 0.25) is 5.08 Å². The Bertz CT molecular complexity index is 256. The molecule has 0 aromatic heterocycles. The predicted octanol–water partition coefficient (Wildman–Crippen LogP) is 0.136. The molecule has 0 aliphatic carbocycles. The lowest BCUT2D eigenvalue weighted by atomic mass is 10.6. The fourth-order valence-electron chi connectivity index (χ4n) is 0.188. The Kier molecular flexibility index (Phi) is 6.53. The first-order chi connectivity index (χ1) is 5.12. The van der Waals surface area contributed by atoms with Crippen LogP contribution in [-0.4, -0.2) is 31.0 Å². The van der Waals surface area contributed by atoms with Gasteiger partial charge in [-0.3, -0.25) is 9.11 Å². The molecule has 0 bridgehead atoms. The van der Waals surface area contributed by atoms with E-state index in [9.17, 15) is 16.8 Å². The molecule has 12 heavy (non-hydrogen) atoms. The summed E-state index contributed by atoms with van der Waals surface area (Å²) in [5.41, 5.74) is 0. The van der Waals surface area contributed by atoms with E-state index in [4.69, 9.17) is 9.11 Å². The molecular formula is C4H12O6S2. The van der Waals surface area contributed by atoms with Gasteiger partial charge < -0.3 is 0 Å². The summed E-state index contributed by atoms with van der Waals surface area (Å²) in [4.78, 5) is 0. The van der Waals surface area contributed by atoms with Gasteiger partial charge in [0.05, 0.1) is 0 Å². The SMILES string of the molecule is CCC.O=S(=O)(O)CS(=O)(=O)O. The Labute approximate surface area is 72.1 Å². The second-order valence-corrected chi connectivity index (χ2v) is 5.26. The number of hydrogen-bond donors (Lipinski definition) is 2. The first-order valence-corrected chi connectivity index (χ1v) is 6.24. The van der Waals surface area contributed by atoms with Crippen LogP contribution in [0.1, 0.15) is 20.3 Å². The van der Waals surface area contributed by atoms with Crippen molar-refractivity contribution in [2.24, 2.45) is 0 Å². The third kappa shape index (κ3) is 22.6. The summed E-state index contributed by atoms with van der Waals surface area (Å²) < 4.78 is 54.2. The van der Waals surface area contributed by atoms with E-state index >= 15 is 0 Å². The summed E-state index contributed by atoms with van der Waals surface area (Å²) in [6.45, 7) is 4.25. The van der Waals surface area contributed by atoms with Crippen LogP contribution < -0.4 is 0 Å². The molecule has 0 saturated heterocycles. The molecule has 6 nitrogen and oxygen atoms in total. The molecule has 0 saturated carbocycles. The Morgan fingerprint density at radius 1 is 0.917 bits per heavy atom. The van der Waals surface area contributed by atoms with Crippen LogP contribution in [-0.2, 0) is 20.2 Å². The maximum absolute atomic E-state index is 9.66. The standard InChI is InChI=1S/C3H8.CH4O6S2/c1-3-2;2-8(3,4)1-9(5,6)7/h3H2,1-2H3;1H2,(H,2,3,4)(H,5,6,7). The molecule has 0 aromatic carbocycles. The highest BCUT2D eigenvalue weighted by Crippen LogP contribution is 1.88. The van der Waals surface area contributed by atoms with Crippen molar-refractivity contribution in [2.45, 2.75) is 20.3 Å². The minimum atomic E-state index is -4.62. The topological polar surface area (TPSA) is 109 Å². The first-order valence-electron chi connectivity index (χ1n) is 3.02. The third-order valence-corrected chi connectivity index (χ3v) is 2.68. The quantitative estimate of drug-likeness (QED) is 0.640. The van der Waals surface area contributed by atoms with Crippen molar-refractivity contribution >= 4 is 20.2 Å². The number of rotatable bonds is 2. The molecule has 0 aliphatic heterocycles. The normalized spacial score (nSPS) is 11.7. The first kappa shape index (κ1) is 14.3. The molecule has 0 atom stereocenters. The van der Waals surface area contributed by atoms with Gasteiger partial charge in [-0.2, -0.15) is 16.8 Å². The number of hydrogen-bond acceptors (Lipinski definition) is 4. The summed E-state index contributed by atoms with van der Waals surface area (Å²) in [7, 11) is -9.24. The van der Waals surface area contributed by atoms with Crippen LogP contribution in [0, 0.1) is 0 Å². The van der Waals surface area contributed by atoms with Crippen molar-refractivity contribution in [3.8, 4) is 0 Å². The lowest BCUT2D eigenvalue weighted by Crippen LogP contribution is -2.13. The molecular weight excluding hydrogens is 208 g/mol. The summed E-state index contributed by atoms with van der Waals surface area (Å²) in [6, 6.07) is 0. The van der Waals surface area contributed by atoms with Gasteiger partial charge in [0, 0.05) is 0 Å². The maximum atomic E-state index is 9.66. The molecule has 0 aliphatic rings. The van der Waals surface area contributed by atoms with Crippen molar-refractivity contribution in [3.63, 3.8) is 0 Å². The zero-order valence-corrected chi connectivity index (χ0v) is 8.39. The highest BCUT2D eigenvalue weighted by molar-refractivity contribution is 8.02. The summed E-state index contributed by atoms with van der Waals surface area (Å²) >= 11 is 0. The van der Waals surface area contributed by atoms with Gasteiger partial charge in [-0.15, -0.1) is 0 Å². The highest BCUT2D eigenvalue weighted by Gasteiger charge is 2.15. The van der Waals surface area contributed by atoms with Gasteiger partial charge in [0.1, 0.15) is 0 Å². The van der Waals surface area contributed by atoms with Crippen LogP contribution in [0.3, 0.4) is 0 Å². The van der Waals surface area contributed by atoms with E-state index in [0.717, 1.165) is 0 Å². The van der Waals surface area contributed by atoms with Crippen molar-refractivity contribution < 1.29 is 25.9 Å². The summed E-state index contributed by atoms with van der Waals surface area (Å²) in [6.07, 6.45) is 1.25. The van der Waals surface area contributed by atoms with Gasteiger partial charge in [0.15, 0.2) is 0 Å². The average molecular weight is 220 g/mol. The Morgan fingerprint density at radius 3 is 1.08 bits per heavy atom. The van der Waals surface area contributed by atoms with E-state index in [-0.39, 0.29) is 0 Å². The fraction of sp³-hybridized carbons (Fsp3) is 1.00. The zero-order chi connectivity index (χ0) is 10.4. The van der Waals surface area contributed by atoms with Crippen molar-refractivity contribution in [2.75, 3.05) is 5.08 Å². The van der Waals surface area contributed by atoms with E-state index in [2.05, 4.69) is 13.8 Å². The third-order valence-electron chi connectivity index (χ3n) is 0.298. The molecule has 0 heterocycles. The Morgan fingerprint density at radius 2 is 1.08 bits per heavy atom. The van der Waals surface area contributed by atoms with Gasteiger partial charge >= 0.3 is 0 Å². The fourth-order valence-corrected chi connectivity index (χ4v) is 1.69. The molecule has 0 spiro atoms. The summed E-state index contributed by atoms with van der Waals surface area (Å²) in [5, 5.41) is -1.65. The van der Waals surface area contributed by atoms with E-state index in [1.54, 1.807) is 0 Å². The second-order valence-electron chi connectivity index (χ2n) is 1.99. The molecule has 0 fully saturated rings. The minimum absolute atomic E-state index is 1.25. The second kappa shape index (κ2) is 5.46. The Hall–Kier alpha value is -0.180. The minimum Gasteiger partial charge on any atom is -0.285 e. The van der Waals surface area contributed by atoms with E-state index in [1.807, 2.05) is 0 Å². The largest absolute Gasteiger partial charge is 0.285 e. The molecule has 2 N–H and O–H groups in total. The van der Waals surface area contributed by atoms with Crippen LogP contribution in [0.2, 0.25) is 0 Å². The average Bonchev–Trinajstić information content (AvgIpc) is 1.53. The smallest absolute Gasteiger partial charge is 0.281 e. The molecule has 0 radical (unpaired) electrons.